The van der Waals surface area contributed by atoms with Crippen LogP contribution in [0.15, 0.2) is 107 Å². The van der Waals surface area contributed by atoms with E-state index in [1.807, 2.05) is 78.6 Å². The molecule has 0 atom stereocenters. The number of hydrogen-bond donors (Lipinski definition) is 0. The second-order valence-electron chi connectivity index (χ2n) is 12.3. The summed E-state index contributed by atoms with van der Waals surface area (Å²) >= 11 is 0. The Bertz CT molecular complexity index is 2130. The molecular weight excluding hydrogens is 628 g/mol. The monoisotopic (exact) mass is 668 g/mol. The largest absolute Gasteiger partial charge is 0.339 e. The molecule has 1 aliphatic heterocycles. The number of rotatable bonds is 10. The molecule has 9 heteroatoms. The van der Waals surface area contributed by atoms with Gasteiger partial charge in [-0.3, -0.25) is 4.79 Å². The third-order valence-electron chi connectivity index (χ3n) is 8.95. The van der Waals surface area contributed by atoms with E-state index in [4.69, 9.17) is 9.68 Å². The molecule has 254 valence electrons. The van der Waals surface area contributed by atoms with Crippen molar-refractivity contribution in [1.82, 2.24) is 4.90 Å². The van der Waals surface area contributed by atoms with E-state index in [1.54, 1.807) is 20.8 Å². The van der Waals surface area contributed by atoms with E-state index < -0.39 is 11.9 Å². The molecule has 0 spiro atoms. The number of carbonyl (C=O) groups is 3. The van der Waals surface area contributed by atoms with Gasteiger partial charge in [-0.1, -0.05) is 78.8 Å². The van der Waals surface area contributed by atoms with Crippen LogP contribution in [0.1, 0.15) is 74.9 Å². The third-order valence-corrected chi connectivity index (χ3v) is 8.95. The minimum atomic E-state index is -0.418. The molecule has 9 nitrogen and oxygen atoms in total. The van der Waals surface area contributed by atoms with Crippen LogP contribution in [0.4, 0.5) is 17.1 Å². The van der Waals surface area contributed by atoms with Gasteiger partial charge in [-0.25, -0.2) is 9.59 Å². The lowest BCUT2D eigenvalue weighted by atomic mass is 9.96. The molecule has 1 saturated heterocycles. The van der Waals surface area contributed by atoms with Crippen LogP contribution in [0, 0.1) is 0 Å². The molecule has 0 unspecified atom stereocenters. The summed E-state index contributed by atoms with van der Waals surface area (Å²) in [6.07, 6.45) is 2.45. The van der Waals surface area contributed by atoms with Crippen molar-refractivity contribution in [1.29, 1.82) is 0 Å². The van der Waals surface area contributed by atoms with Crippen molar-refractivity contribution in [3.05, 3.63) is 114 Å². The molecule has 5 aromatic rings. The smallest absolute Gasteiger partial charge is 0.334 e. The summed E-state index contributed by atoms with van der Waals surface area (Å²) in [6, 6.07) is 32.2. The first-order valence-corrected chi connectivity index (χ1v) is 17.0. The first-order valence-electron chi connectivity index (χ1n) is 17.0. The maximum absolute atomic E-state index is 13.7. The Kier molecular flexibility index (Phi) is 10.3. The van der Waals surface area contributed by atoms with E-state index in [0.29, 0.717) is 17.0 Å². The third kappa shape index (κ3) is 7.27. The fourth-order valence-electron chi connectivity index (χ4n) is 6.14. The number of carbonyl (C=O) groups excluding carboxylic acids is 3. The Morgan fingerprint density at radius 3 is 1.96 bits per heavy atom. The second-order valence-corrected chi connectivity index (χ2v) is 12.3. The summed E-state index contributed by atoms with van der Waals surface area (Å²) in [5.74, 6) is -0.813. The number of benzene rings is 5. The Balaban J connectivity index is 1.54. The number of fused-ring (bicyclic) bond motifs is 2. The van der Waals surface area contributed by atoms with Gasteiger partial charge < -0.3 is 19.5 Å². The van der Waals surface area contributed by atoms with Crippen LogP contribution in [-0.4, -0.2) is 47.3 Å². The average molecular weight is 669 g/mol. The molecule has 1 heterocycles. The van der Waals surface area contributed by atoms with Crippen molar-refractivity contribution in [2.45, 2.75) is 53.4 Å². The van der Waals surface area contributed by atoms with Crippen LogP contribution in [-0.2, 0) is 19.3 Å². The topological polar surface area (TPSA) is 101 Å². The molecule has 0 aromatic heterocycles. The number of nitrogens with zero attached hydrogens (tertiary/aromatic N) is 4. The quantitative estimate of drug-likeness (QED) is 0.0836. The molecule has 0 aliphatic carbocycles. The van der Waals surface area contributed by atoms with Gasteiger partial charge in [-0.2, -0.15) is 0 Å². The lowest BCUT2D eigenvalue weighted by molar-refractivity contribution is -0.144. The van der Waals surface area contributed by atoms with Crippen LogP contribution in [0.25, 0.3) is 21.5 Å². The van der Waals surface area contributed by atoms with Crippen molar-refractivity contribution in [2.75, 3.05) is 18.0 Å². The average Bonchev–Trinajstić information content (AvgIpc) is 3.71. The van der Waals surface area contributed by atoms with Crippen molar-refractivity contribution < 1.29 is 24.1 Å². The van der Waals surface area contributed by atoms with Crippen molar-refractivity contribution in [3.8, 4) is 0 Å². The van der Waals surface area contributed by atoms with E-state index in [0.717, 1.165) is 75.7 Å². The zero-order chi connectivity index (χ0) is 35.2. The zero-order valence-electron chi connectivity index (χ0n) is 28.8. The molecule has 0 saturated carbocycles. The van der Waals surface area contributed by atoms with Crippen LogP contribution < -0.4 is 4.90 Å². The highest BCUT2D eigenvalue weighted by molar-refractivity contribution is 6.15. The second kappa shape index (κ2) is 15.2. The number of amides is 1. The molecule has 1 fully saturated rings. The number of oxime groups is 2. The molecule has 0 bridgehead atoms. The van der Waals surface area contributed by atoms with Gasteiger partial charge in [-0.05, 0) is 90.9 Å². The molecule has 0 N–H and O–H groups in total. The fourth-order valence-corrected chi connectivity index (χ4v) is 6.14. The molecule has 1 aliphatic rings. The molecule has 1 amide bonds. The fraction of sp³-hybridized carbons (Fsp3) is 0.244. The van der Waals surface area contributed by atoms with Gasteiger partial charge in [0.2, 0.25) is 0 Å². The first-order chi connectivity index (χ1) is 24.3. The van der Waals surface area contributed by atoms with Gasteiger partial charge in [0.1, 0.15) is 0 Å². The molecular formula is C41H40N4O5. The Labute approximate surface area is 291 Å². The summed E-state index contributed by atoms with van der Waals surface area (Å²) in [6.45, 7) is 8.54. The predicted octanol–water partition coefficient (Wildman–Crippen LogP) is 9.05. The summed E-state index contributed by atoms with van der Waals surface area (Å²) in [5.41, 5.74) is 5.96. The lowest BCUT2D eigenvalue weighted by Gasteiger charge is -2.28. The number of hydrogen-bond acceptors (Lipinski definition) is 8. The Hall–Kier alpha value is -5.83. The van der Waals surface area contributed by atoms with Crippen molar-refractivity contribution in [2.24, 2.45) is 10.3 Å². The number of likely N-dealkylation sites (tertiary alicyclic amines) is 1. The van der Waals surface area contributed by atoms with E-state index in [-0.39, 0.29) is 18.7 Å². The minimum Gasteiger partial charge on any atom is -0.339 e. The minimum absolute atomic E-state index is 0.00293. The summed E-state index contributed by atoms with van der Waals surface area (Å²) < 4.78 is 0. The van der Waals surface area contributed by atoms with Crippen LogP contribution in [0.5, 0.6) is 0 Å². The van der Waals surface area contributed by atoms with E-state index in [9.17, 15) is 14.4 Å². The van der Waals surface area contributed by atoms with Crippen LogP contribution in [0.3, 0.4) is 0 Å². The normalized spacial score (nSPS) is 13.5. The highest BCUT2D eigenvalue weighted by Crippen LogP contribution is 2.41. The SMILES string of the molecule is CCC(=O)O/N=C(/C)c1ccc(N(c2ccc3ccccc3c2)c2ccc(/C(C)=N/OC(=O)CC)c3ccc(C(=O)N4CCCC4)cc23)cc1. The van der Waals surface area contributed by atoms with Crippen LogP contribution in [0.2, 0.25) is 0 Å². The van der Waals surface area contributed by atoms with E-state index >= 15 is 0 Å². The van der Waals surface area contributed by atoms with Gasteiger partial charge in [0.25, 0.3) is 5.91 Å². The Morgan fingerprint density at radius 2 is 1.28 bits per heavy atom. The standard InChI is InChI=1S/C41H40N4O5/c1-5-39(46)49-42-27(3)29-13-17-33(18-14-29)45(34-19-15-30-11-7-8-12-31(30)25-34)38-22-21-35(28(4)43-50-40(47)6-2)36-20-16-32(26-37(36)38)41(48)44-23-9-10-24-44/h7-8,11-22,25-26H,5-6,9-10,23-24H2,1-4H3/b42-27-,43-28+. The molecule has 5 aromatic carbocycles. The molecule has 0 radical (unpaired) electrons. The van der Waals surface area contributed by atoms with Gasteiger partial charge >= 0.3 is 11.9 Å². The number of anilines is 3. The zero-order valence-corrected chi connectivity index (χ0v) is 28.8. The summed E-state index contributed by atoms with van der Waals surface area (Å²) in [7, 11) is 0. The van der Waals surface area contributed by atoms with E-state index in [2.05, 4.69) is 45.5 Å². The van der Waals surface area contributed by atoms with E-state index in [1.165, 1.54) is 0 Å². The maximum atomic E-state index is 13.7. The first kappa shape index (κ1) is 34.0. The Morgan fingerprint density at radius 1 is 0.660 bits per heavy atom. The van der Waals surface area contributed by atoms with Crippen molar-refractivity contribution >= 4 is 67.9 Å². The molecule has 50 heavy (non-hydrogen) atoms. The van der Waals surface area contributed by atoms with Gasteiger partial charge in [0.15, 0.2) is 0 Å². The maximum Gasteiger partial charge on any atom is 0.334 e. The molecule has 6 rings (SSSR count). The lowest BCUT2D eigenvalue weighted by Crippen LogP contribution is -2.27. The summed E-state index contributed by atoms with van der Waals surface area (Å²) in [5, 5.41) is 12.1. The van der Waals surface area contributed by atoms with Crippen LogP contribution >= 0.6 is 0 Å². The summed E-state index contributed by atoms with van der Waals surface area (Å²) in [4.78, 5) is 51.6. The van der Waals surface area contributed by atoms with Gasteiger partial charge in [-0.15, -0.1) is 0 Å². The highest BCUT2D eigenvalue weighted by Gasteiger charge is 2.23. The predicted molar refractivity (Wildman–Crippen MR) is 198 cm³/mol. The van der Waals surface area contributed by atoms with Gasteiger partial charge in [0, 0.05) is 53.8 Å². The highest BCUT2D eigenvalue weighted by atomic mass is 16.7. The van der Waals surface area contributed by atoms with Gasteiger partial charge in [0.05, 0.1) is 17.1 Å². The van der Waals surface area contributed by atoms with Crippen molar-refractivity contribution in [3.63, 3.8) is 0 Å².